The molecule has 5 atom stereocenters. The average molecular weight is 564 g/mol. The number of nitrogens with zero attached hydrogens (tertiary/aromatic N) is 1. The van der Waals surface area contributed by atoms with Gasteiger partial charge in [0.05, 0.1) is 11.0 Å². The van der Waals surface area contributed by atoms with Crippen LogP contribution in [0.1, 0.15) is 56.4 Å². The molecule has 4 aliphatic rings. The molecule has 41 heavy (non-hydrogen) atoms. The maximum absolute atomic E-state index is 13.4. The molecular weight excluding hydrogens is 530 g/mol. The maximum Gasteiger partial charge on any atom is 0.514 e. The molecule has 2 aromatic carbocycles. The van der Waals surface area contributed by atoms with Gasteiger partial charge in [-0.1, -0.05) is 36.4 Å². The van der Waals surface area contributed by atoms with E-state index in [1.165, 1.54) is 0 Å². The van der Waals surface area contributed by atoms with Crippen molar-refractivity contribution in [3.8, 4) is 11.5 Å². The van der Waals surface area contributed by atoms with E-state index in [2.05, 4.69) is 4.90 Å². The van der Waals surface area contributed by atoms with Crippen molar-refractivity contribution in [1.82, 2.24) is 4.90 Å². The number of ether oxygens (including phenoxy) is 5. The fourth-order valence-electron chi connectivity index (χ4n) is 6.99. The van der Waals surface area contributed by atoms with Gasteiger partial charge in [0.15, 0.2) is 17.6 Å². The summed E-state index contributed by atoms with van der Waals surface area (Å²) in [6, 6.07) is 11.9. The van der Waals surface area contributed by atoms with Crippen molar-refractivity contribution in [2.75, 3.05) is 13.6 Å². The van der Waals surface area contributed by atoms with Crippen LogP contribution >= 0.6 is 0 Å². The zero-order chi connectivity index (χ0) is 29.2. The Bertz CT molecular complexity index is 1430. The Morgan fingerprint density at radius 1 is 1.15 bits per heavy atom. The molecule has 1 saturated heterocycles. The normalized spacial score (nSPS) is 28.4. The molecular formula is C31H33NO9. The van der Waals surface area contributed by atoms with E-state index >= 15 is 0 Å². The van der Waals surface area contributed by atoms with E-state index in [0.717, 1.165) is 11.1 Å². The molecule has 2 aliphatic heterocycles. The van der Waals surface area contributed by atoms with Crippen LogP contribution in [0.15, 0.2) is 54.3 Å². The first kappa shape index (κ1) is 27.3. The topological polar surface area (TPSA) is 121 Å². The Morgan fingerprint density at radius 3 is 2.61 bits per heavy atom. The highest BCUT2D eigenvalue weighted by Crippen LogP contribution is 2.65. The molecule has 1 N–H and O–H groups in total. The first-order valence-electron chi connectivity index (χ1n) is 13.7. The first-order chi connectivity index (χ1) is 19.5. The minimum atomic E-state index is -1.28. The first-order valence-corrected chi connectivity index (χ1v) is 13.7. The van der Waals surface area contributed by atoms with Gasteiger partial charge in [-0.15, -0.1) is 0 Å². The van der Waals surface area contributed by atoms with Crippen LogP contribution in [0.3, 0.4) is 0 Å². The lowest BCUT2D eigenvalue weighted by Crippen LogP contribution is -2.74. The molecule has 1 spiro atoms. The van der Waals surface area contributed by atoms with Crippen LogP contribution in [-0.4, -0.2) is 65.5 Å². The maximum atomic E-state index is 13.4. The second kappa shape index (κ2) is 9.60. The van der Waals surface area contributed by atoms with E-state index in [9.17, 15) is 19.5 Å². The number of carbonyl (C=O) groups excluding carboxylic acids is 3. The molecule has 216 valence electrons. The third-order valence-electron chi connectivity index (χ3n) is 8.65. The smallest absolute Gasteiger partial charge is 0.477 e. The van der Waals surface area contributed by atoms with Crippen molar-refractivity contribution < 1.29 is 43.2 Å². The van der Waals surface area contributed by atoms with Crippen molar-refractivity contribution in [3.63, 3.8) is 0 Å². The van der Waals surface area contributed by atoms with Gasteiger partial charge in [0, 0.05) is 23.6 Å². The molecule has 2 aliphatic carbocycles. The third kappa shape index (κ3) is 4.19. The van der Waals surface area contributed by atoms with Crippen LogP contribution in [-0.2, 0) is 35.6 Å². The number of piperidine rings is 1. The highest BCUT2D eigenvalue weighted by Gasteiger charge is 2.72. The fraction of sp³-hybridized carbons (Fsp3) is 0.452. The van der Waals surface area contributed by atoms with Crippen LogP contribution in [0, 0.1) is 0 Å². The zero-order valence-corrected chi connectivity index (χ0v) is 23.4. The Balaban J connectivity index is 1.40. The zero-order valence-electron chi connectivity index (χ0n) is 23.4. The van der Waals surface area contributed by atoms with Gasteiger partial charge in [0.1, 0.15) is 11.4 Å². The molecule has 0 radical (unpaired) electrons. The van der Waals surface area contributed by atoms with Crippen molar-refractivity contribution in [2.24, 2.45) is 0 Å². The SMILES string of the molecule is CN1CC[C@]23c4c5ccc(OC(=O)OC(C)(C)C)c4O[C@H]2C(OC(=O)[C@@H](OC=O)c2ccccc2)=CC[C@@]3(O)[C@H]1C5. The molecule has 2 aromatic rings. The van der Waals surface area contributed by atoms with Gasteiger partial charge in [-0.2, -0.15) is 0 Å². The lowest BCUT2D eigenvalue weighted by Gasteiger charge is -2.61. The van der Waals surface area contributed by atoms with Crippen molar-refractivity contribution in [2.45, 2.75) is 74.9 Å². The standard InChI is InChI=1S/C31H33NO9/c1-29(2,3)41-28(35)39-20-11-10-19-16-22-31(36)13-12-21(26-30(31,14-15-32(22)4)23(19)25(20)40-26)38-27(34)24(37-17-33)18-8-6-5-7-9-18/h5-12,17,22,24,26,36H,13-16H2,1-4H3/t22-,24+,26+,30+,31-/m1/s1. The second-order valence-electron chi connectivity index (χ2n) is 12.1. The van der Waals surface area contributed by atoms with Gasteiger partial charge in [-0.25, -0.2) is 9.59 Å². The molecule has 1 fully saturated rings. The quantitative estimate of drug-likeness (QED) is 0.241. The van der Waals surface area contributed by atoms with E-state index in [1.54, 1.807) is 63.2 Å². The molecule has 2 heterocycles. The predicted octanol–water partition coefficient (Wildman–Crippen LogP) is 3.74. The number of likely N-dealkylation sites (N-methyl/N-ethyl adjacent to an activating group) is 1. The summed E-state index contributed by atoms with van der Waals surface area (Å²) in [7, 11) is 1.99. The molecule has 0 aromatic heterocycles. The monoisotopic (exact) mass is 563 g/mol. The summed E-state index contributed by atoms with van der Waals surface area (Å²) >= 11 is 0. The summed E-state index contributed by atoms with van der Waals surface area (Å²) < 4.78 is 28.6. The van der Waals surface area contributed by atoms with Crippen LogP contribution in [0.2, 0.25) is 0 Å². The molecule has 0 unspecified atom stereocenters. The molecule has 0 amide bonds. The van der Waals surface area contributed by atoms with E-state index in [1.807, 2.05) is 13.1 Å². The molecule has 6 rings (SSSR count). The fourth-order valence-corrected chi connectivity index (χ4v) is 6.99. The minimum absolute atomic E-state index is 0.165. The summed E-state index contributed by atoms with van der Waals surface area (Å²) in [4.78, 5) is 39.5. The summed E-state index contributed by atoms with van der Waals surface area (Å²) in [5.41, 5.74) is -0.761. The van der Waals surface area contributed by atoms with Crippen molar-refractivity contribution in [1.29, 1.82) is 0 Å². The lowest BCUT2D eigenvalue weighted by molar-refractivity contribution is -0.174. The summed E-state index contributed by atoms with van der Waals surface area (Å²) in [5.74, 6) is -0.0848. The van der Waals surface area contributed by atoms with Gasteiger partial charge in [-0.05, 0) is 64.9 Å². The van der Waals surface area contributed by atoms with Crippen molar-refractivity contribution >= 4 is 18.6 Å². The van der Waals surface area contributed by atoms with Gasteiger partial charge < -0.3 is 33.7 Å². The Kier molecular flexibility index (Phi) is 6.39. The third-order valence-corrected chi connectivity index (χ3v) is 8.65. The summed E-state index contributed by atoms with van der Waals surface area (Å²) in [5, 5.41) is 12.4. The van der Waals surface area contributed by atoms with E-state index in [0.29, 0.717) is 30.7 Å². The van der Waals surface area contributed by atoms with Gasteiger partial charge in [-0.3, -0.25) is 4.79 Å². The van der Waals surface area contributed by atoms with Gasteiger partial charge >= 0.3 is 12.1 Å². The number of benzene rings is 2. The summed E-state index contributed by atoms with van der Waals surface area (Å²) in [6.07, 6.45) is -0.0608. The predicted molar refractivity (Wildman–Crippen MR) is 144 cm³/mol. The highest BCUT2D eigenvalue weighted by atomic mass is 16.7. The highest BCUT2D eigenvalue weighted by molar-refractivity contribution is 5.79. The number of likely N-dealkylation sites (tertiary alicyclic amines) is 1. The minimum Gasteiger partial charge on any atom is -0.477 e. The van der Waals surface area contributed by atoms with Crippen LogP contribution in [0.25, 0.3) is 0 Å². The Hall–Kier alpha value is -3.89. The summed E-state index contributed by atoms with van der Waals surface area (Å²) in [6.45, 7) is 6.11. The molecule has 2 bridgehead atoms. The lowest BCUT2D eigenvalue weighted by atomic mass is 9.50. The molecule has 10 nitrogen and oxygen atoms in total. The van der Waals surface area contributed by atoms with Gasteiger partial charge in [0.2, 0.25) is 6.10 Å². The van der Waals surface area contributed by atoms with Crippen molar-refractivity contribution in [3.05, 3.63) is 71.0 Å². The second-order valence-corrected chi connectivity index (χ2v) is 12.1. The van der Waals surface area contributed by atoms with Crippen LogP contribution < -0.4 is 9.47 Å². The molecule has 10 heteroatoms. The van der Waals surface area contributed by atoms with E-state index in [-0.39, 0.29) is 30.4 Å². The number of rotatable bonds is 6. The largest absolute Gasteiger partial charge is 0.514 e. The number of carbonyl (C=O) groups is 3. The molecule has 0 saturated carbocycles. The number of aliphatic hydroxyl groups is 1. The Labute approximate surface area is 237 Å². The van der Waals surface area contributed by atoms with Crippen LogP contribution in [0.5, 0.6) is 11.5 Å². The Morgan fingerprint density at radius 2 is 1.90 bits per heavy atom. The van der Waals surface area contributed by atoms with E-state index < -0.39 is 40.9 Å². The average Bonchev–Trinajstić information content (AvgIpc) is 3.27. The van der Waals surface area contributed by atoms with Gasteiger partial charge in [0.25, 0.3) is 6.47 Å². The van der Waals surface area contributed by atoms with Crippen LogP contribution in [0.4, 0.5) is 4.79 Å². The van der Waals surface area contributed by atoms with E-state index in [4.69, 9.17) is 23.7 Å². The number of hydrogen-bond acceptors (Lipinski definition) is 10. The number of hydrogen-bond donors (Lipinski definition) is 1. The number of esters is 1.